The Kier molecular flexibility index (Phi) is 7.63. The molecule has 0 amide bonds. The number of nitrogens with zero attached hydrogens (tertiary/aromatic N) is 1. The molecule has 0 saturated heterocycles. The molecule has 1 rings (SSSR count). The van der Waals surface area contributed by atoms with E-state index < -0.39 is 10.0 Å². The van der Waals surface area contributed by atoms with Gasteiger partial charge < -0.3 is 10.1 Å². The van der Waals surface area contributed by atoms with Crippen LogP contribution in [0.4, 0.5) is 5.82 Å². The van der Waals surface area contributed by atoms with Crippen molar-refractivity contribution >= 4 is 15.8 Å². The van der Waals surface area contributed by atoms with Gasteiger partial charge in [-0.05, 0) is 45.7 Å². The van der Waals surface area contributed by atoms with Crippen molar-refractivity contribution in [1.29, 1.82) is 0 Å². The predicted octanol–water partition coefficient (Wildman–Crippen LogP) is 2.00. The molecule has 0 atom stereocenters. The highest BCUT2D eigenvalue weighted by molar-refractivity contribution is 7.89. The summed E-state index contributed by atoms with van der Waals surface area (Å²) in [7, 11) is -3.53. The van der Waals surface area contributed by atoms with Gasteiger partial charge in [0.05, 0.1) is 6.10 Å². The van der Waals surface area contributed by atoms with Crippen molar-refractivity contribution in [1.82, 2.24) is 9.71 Å². The van der Waals surface area contributed by atoms with Gasteiger partial charge in [0.2, 0.25) is 10.0 Å². The number of unbranched alkanes of at least 4 members (excludes halogenated alkanes) is 1. The second-order valence-electron chi connectivity index (χ2n) is 4.90. The van der Waals surface area contributed by atoms with Gasteiger partial charge in [-0.15, -0.1) is 0 Å². The van der Waals surface area contributed by atoms with Gasteiger partial charge in [-0.25, -0.2) is 18.1 Å². The van der Waals surface area contributed by atoms with Gasteiger partial charge >= 0.3 is 0 Å². The molecule has 21 heavy (non-hydrogen) atoms. The lowest BCUT2D eigenvalue weighted by molar-refractivity contribution is 0.0762. The Balaban J connectivity index is 2.50. The molecule has 0 bridgehead atoms. The summed E-state index contributed by atoms with van der Waals surface area (Å²) in [6, 6.07) is 3.17. The number of ether oxygens (including phenoxy) is 1. The second-order valence-corrected chi connectivity index (χ2v) is 6.64. The van der Waals surface area contributed by atoms with Crippen LogP contribution in [0.5, 0.6) is 0 Å². The van der Waals surface area contributed by atoms with E-state index in [2.05, 4.69) is 15.0 Å². The van der Waals surface area contributed by atoms with E-state index in [0.29, 0.717) is 25.5 Å². The molecule has 1 aromatic rings. The molecule has 1 aromatic heterocycles. The molecule has 0 aromatic carbocycles. The monoisotopic (exact) mass is 315 g/mol. The summed E-state index contributed by atoms with van der Waals surface area (Å²) >= 11 is 0. The largest absolute Gasteiger partial charge is 0.379 e. The molecule has 0 fully saturated rings. The lowest BCUT2D eigenvalue weighted by atomic mass is 10.3. The number of pyridine rings is 1. The van der Waals surface area contributed by atoms with Crippen LogP contribution in [-0.4, -0.2) is 39.2 Å². The summed E-state index contributed by atoms with van der Waals surface area (Å²) < 4.78 is 32.5. The smallest absolute Gasteiger partial charge is 0.244 e. The zero-order valence-corrected chi connectivity index (χ0v) is 13.7. The van der Waals surface area contributed by atoms with Crippen LogP contribution in [0, 0.1) is 0 Å². The summed E-state index contributed by atoms with van der Waals surface area (Å²) in [6.45, 7) is 7.51. The van der Waals surface area contributed by atoms with Crippen molar-refractivity contribution < 1.29 is 13.2 Å². The van der Waals surface area contributed by atoms with Gasteiger partial charge in [0, 0.05) is 25.9 Å². The molecular formula is C14H25N3O3S. The SMILES string of the molecule is CCNc1ncccc1S(=O)(=O)NCCCCOC(C)C. The second kappa shape index (κ2) is 8.96. The van der Waals surface area contributed by atoms with E-state index in [4.69, 9.17) is 4.74 Å². The maximum Gasteiger partial charge on any atom is 0.244 e. The molecule has 7 heteroatoms. The molecule has 0 spiro atoms. The fourth-order valence-corrected chi connectivity index (χ4v) is 2.94. The van der Waals surface area contributed by atoms with Gasteiger partial charge in [0.25, 0.3) is 0 Å². The Hall–Kier alpha value is -1.18. The molecule has 0 aliphatic heterocycles. The van der Waals surface area contributed by atoms with Crippen LogP contribution in [0.25, 0.3) is 0 Å². The first-order valence-corrected chi connectivity index (χ1v) is 8.76. The van der Waals surface area contributed by atoms with Crippen molar-refractivity contribution in [3.05, 3.63) is 18.3 Å². The minimum atomic E-state index is -3.53. The zero-order chi connectivity index (χ0) is 15.7. The van der Waals surface area contributed by atoms with Crippen LogP contribution in [-0.2, 0) is 14.8 Å². The van der Waals surface area contributed by atoms with Gasteiger partial charge in [0.15, 0.2) is 0 Å². The molecule has 0 saturated carbocycles. The van der Waals surface area contributed by atoms with E-state index in [1.807, 2.05) is 20.8 Å². The Bertz CT molecular complexity index is 518. The highest BCUT2D eigenvalue weighted by Gasteiger charge is 2.18. The minimum Gasteiger partial charge on any atom is -0.379 e. The summed E-state index contributed by atoms with van der Waals surface area (Å²) in [5.74, 6) is 0.385. The first-order chi connectivity index (χ1) is 9.97. The van der Waals surface area contributed by atoms with Gasteiger partial charge in [-0.2, -0.15) is 0 Å². The number of aromatic nitrogens is 1. The minimum absolute atomic E-state index is 0.185. The number of sulfonamides is 1. The number of nitrogens with one attached hydrogen (secondary N) is 2. The van der Waals surface area contributed by atoms with Crippen LogP contribution in [0.2, 0.25) is 0 Å². The van der Waals surface area contributed by atoms with E-state index >= 15 is 0 Å². The van der Waals surface area contributed by atoms with Crippen LogP contribution < -0.4 is 10.0 Å². The first-order valence-electron chi connectivity index (χ1n) is 7.27. The summed E-state index contributed by atoms with van der Waals surface area (Å²) in [6.07, 6.45) is 3.34. The number of anilines is 1. The molecule has 6 nitrogen and oxygen atoms in total. The molecule has 120 valence electrons. The number of rotatable bonds is 10. The fourth-order valence-electron chi connectivity index (χ4n) is 1.74. The molecule has 0 aliphatic rings. The third-order valence-corrected chi connectivity index (χ3v) is 4.21. The van der Waals surface area contributed by atoms with Crippen molar-refractivity contribution in [2.45, 2.75) is 44.6 Å². The average molecular weight is 315 g/mol. The fraction of sp³-hybridized carbons (Fsp3) is 0.643. The van der Waals surface area contributed by atoms with Crippen LogP contribution in [0.3, 0.4) is 0 Å². The number of hydrogen-bond donors (Lipinski definition) is 2. The van der Waals surface area contributed by atoms with E-state index in [-0.39, 0.29) is 11.0 Å². The highest BCUT2D eigenvalue weighted by atomic mass is 32.2. The van der Waals surface area contributed by atoms with Gasteiger partial charge in [-0.1, -0.05) is 0 Å². The molecule has 2 N–H and O–H groups in total. The van der Waals surface area contributed by atoms with Crippen LogP contribution >= 0.6 is 0 Å². The van der Waals surface area contributed by atoms with Crippen molar-refractivity contribution in [2.24, 2.45) is 0 Å². The molecule has 0 radical (unpaired) electrons. The Morgan fingerprint density at radius 1 is 1.33 bits per heavy atom. The topological polar surface area (TPSA) is 80.3 Å². The van der Waals surface area contributed by atoms with Crippen molar-refractivity contribution in [3.63, 3.8) is 0 Å². The average Bonchev–Trinajstić information content (AvgIpc) is 2.43. The van der Waals surface area contributed by atoms with E-state index in [9.17, 15) is 8.42 Å². The third-order valence-electron chi connectivity index (χ3n) is 2.72. The maximum atomic E-state index is 12.2. The lowest BCUT2D eigenvalue weighted by Gasteiger charge is -2.11. The van der Waals surface area contributed by atoms with Gasteiger partial charge in [-0.3, -0.25) is 0 Å². The standard InChI is InChI=1S/C14H25N3O3S/c1-4-15-14-13(8-7-9-16-14)21(18,19)17-10-5-6-11-20-12(2)3/h7-9,12,17H,4-6,10-11H2,1-3H3,(H,15,16). The van der Waals surface area contributed by atoms with Crippen molar-refractivity contribution in [3.8, 4) is 0 Å². The predicted molar refractivity (Wildman–Crippen MR) is 83.9 cm³/mol. The third kappa shape index (κ3) is 6.41. The van der Waals surface area contributed by atoms with Crippen molar-refractivity contribution in [2.75, 3.05) is 25.0 Å². The normalized spacial score (nSPS) is 11.8. The summed E-state index contributed by atoms with van der Waals surface area (Å²) in [5.41, 5.74) is 0. The quantitative estimate of drug-likeness (QED) is 0.646. The maximum absolute atomic E-state index is 12.2. The molecular weight excluding hydrogens is 290 g/mol. The Morgan fingerprint density at radius 3 is 2.76 bits per heavy atom. The van der Waals surface area contributed by atoms with Crippen LogP contribution in [0.15, 0.2) is 23.2 Å². The van der Waals surface area contributed by atoms with Gasteiger partial charge in [0.1, 0.15) is 10.7 Å². The summed E-state index contributed by atoms with van der Waals surface area (Å²) in [5, 5.41) is 2.96. The Morgan fingerprint density at radius 2 is 2.10 bits per heavy atom. The van der Waals surface area contributed by atoms with E-state index in [1.165, 1.54) is 0 Å². The Labute approximate surface area is 127 Å². The molecule has 0 aliphatic carbocycles. The van der Waals surface area contributed by atoms with E-state index in [0.717, 1.165) is 12.8 Å². The number of hydrogen-bond acceptors (Lipinski definition) is 5. The lowest BCUT2D eigenvalue weighted by Crippen LogP contribution is -2.26. The zero-order valence-electron chi connectivity index (χ0n) is 12.9. The summed E-state index contributed by atoms with van der Waals surface area (Å²) in [4.78, 5) is 4.25. The van der Waals surface area contributed by atoms with E-state index in [1.54, 1.807) is 18.3 Å². The molecule has 0 unspecified atom stereocenters. The highest BCUT2D eigenvalue weighted by Crippen LogP contribution is 2.17. The first kappa shape index (κ1) is 17.9. The van der Waals surface area contributed by atoms with Crippen LogP contribution in [0.1, 0.15) is 33.6 Å². The molecule has 1 heterocycles.